The molecule has 0 bridgehead atoms. The van der Waals surface area contributed by atoms with E-state index in [1.54, 1.807) is 24.3 Å². The molecular formula is C20H22BrF2NO5. The summed E-state index contributed by atoms with van der Waals surface area (Å²) in [5.74, 6) is 1.27. The molecule has 6 nitrogen and oxygen atoms in total. The smallest absolute Gasteiger partial charge is 0.387 e. The molecule has 0 aliphatic rings. The normalized spacial score (nSPS) is 10.6. The van der Waals surface area contributed by atoms with E-state index in [1.165, 1.54) is 27.4 Å². The van der Waals surface area contributed by atoms with Crippen molar-refractivity contribution in [3.63, 3.8) is 0 Å². The molecule has 1 N–H and O–H groups in total. The number of alkyl halides is 2. The maximum Gasteiger partial charge on any atom is 0.387 e. The van der Waals surface area contributed by atoms with Crippen molar-refractivity contribution in [3.05, 3.63) is 45.9 Å². The van der Waals surface area contributed by atoms with Crippen molar-refractivity contribution in [2.75, 3.05) is 21.3 Å². The zero-order valence-corrected chi connectivity index (χ0v) is 17.8. The molecule has 0 aliphatic carbocycles. The predicted octanol–water partition coefficient (Wildman–Crippen LogP) is 4.33. The van der Waals surface area contributed by atoms with E-state index in [4.69, 9.17) is 14.2 Å². The molecule has 2 rings (SSSR count). The Morgan fingerprint density at radius 2 is 1.69 bits per heavy atom. The number of carbonyl (C=O) groups excluding carboxylic acids is 1. The predicted molar refractivity (Wildman–Crippen MR) is 107 cm³/mol. The van der Waals surface area contributed by atoms with Gasteiger partial charge in [0.05, 0.1) is 21.3 Å². The average molecular weight is 474 g/mol. The van der Waals surface area contributed by atoms with E-state index in [0.29, 0.717) is 33.7 Å². The third kappa shape index (κ3) is 6.49. The summed E-state index contributed by atoms with van der Waals surface area (Å²) >= 11 is 3.28. The van der Waals surface area contributed by atoms with Crippen LogP contribution >= 0.6 is 15.9 Å². The maximum atomic E-state index is 12.5. The Labute approximate surface area is 176 Å². The van der Waals surface area contributed by atoms with Gasteiger partial charge in [-0.3, -0.25) is 4.79 Å². The third-order valence-corrected chi connectivity index (χ3v) is 4.57. The molecule has 0 aromatic heterocycles. The van der Waals surface area contributed by atoms with Crippen molar-refractivity contribution >= 4 is 21.8 Å². The van der Waals surface area contributed by atoms with Crippen LogP contribution in [0.5, 0.6) is 23.0 Å². The van der Waals surface area contributed by atoms with Crippen LogP contribution in [0.4, 0.5) is 8.78 Å². The van der Waals surface area contributed by atoms with Crippen molar-refractivity contribution in [3.8, 4) is 23.0 Å². The highest BCUT2D eigenvalue weighted by Crippen LogP contribution is 2.38. The fraction of sp³-hybridized carbons (Fsp3) is 0.350. The van der Waals surface area contributed by atoms with Crippen molar-refractivity contribution in [1.82, 2.24) is 5.32 Å². The minimum absolute atomic E-state index is 0.0214. The fourth-order valence-corrected chi connectivity index (χ4v) is 3.13. The van der Waals surface area contributed by atoms with Gasteiger partial charge in [0.15, 0.2) is 11.5 Å². The molecule has 1 amide bonds. The molecule has 0 atom stereocenters. The highest BCUT2D eigenvalue weighted by molar-refractivity contribution is 9.10. The molecule has 0 fully saturated rings. The highest BCUT2D eigenvalue weighted by atomic mass is 79.9. The summed E-state index contributed by atoms with van der Waals surface area (Å²) in [6.45, 7) is -2.87. The lowest BCUT2D eigenvalue weighted by Gasteiger charge is -2.14. The zero-order valence-electron chi connectivity index (χ0n) is 16.3. The minimum Gasteiger partial charge on any atom is -0.493 e. The van der Waals surface area contributed by atoms with E-state index >= 15 is 0 Å². The number of hydrogen-bond acceptors (Lipinski definition) is 5. The summed E-state index contributed by atoms with van der Waals surface area (Å²) in [6, 6.07) is 8.19. The van der Waals surface area contributed by atoms with Crippen LogP contribution in [0.15, 0.2) is 34.8 Å². The number of hydrogen-bond donors (Lipinski definition) is 1. The number of carbonyl (C=O) groups is 1. The van der Waals surface area contributed by atoms with Crippen LogP contribution in [0.1, 0.15) is 17.5 Å². The van der Waals surface area contributed by atoms with Gasteiger partial charge in [0.25, 0.3) is 0 Å². The molecule has 29 heavy (non-hydrogen) atoms. The Kier molecular flexibility index (Phi) is 8.50. The molecule has 0 saturated carbocycles. The van der Waals surface area contributed by atoms with Gasteiger partial charge in [-0.1, -0.05) is 15.9 Å². The van der Waals surface area contributed by atoms with Gasteiger partial charge in [-0.25, -0.2) is 0 Å². The van der Waals surface area contributed by atoms with E-state index < -0.39 is 6.61 Å². The first-order valence-corrected chi connectivity index (χ1v) is 9.46. The second-order valence-electron chi connectivity index (χ2n) is 5.94. The first kappa shape index (κ1) is 22.7. The minimum atomic E-state index is -2.94. The Morgan fingerprint density at radius 3 is 2.24 bits per heavy atom. The fourth-order valence-electron chi connectivity index (χ4n) is 2.72. The van der Waals surface area contributed by atoms with Crippen LogP contribution in [-0.4, -0.2) is 33.8 Å². The number of halogens is 3. The van der Waals surface area contributed by atoms with Crippen molar-refractivity contribution in [2.45, 2.75) is 26.0 Å². The van der Waals surface area contributed by atoms with Crippen LogP contribution in [0.2, 0.25) is 0 Å². The second-order valence-corrected chi connectivity index (χ2v) is 6.86. The molecule has 2 aromatic rings. The average Bonchev–Trinajstić information content (AvgIpc) is 2.70. The number of amides is 1. The Bertz CT molecular complexity index is 823. The van der Waals surface area contributed by atoms with Crippen LogP contribution < -0.4 is 24.3 Å². The topological polar surface area (TPSA) is 66.0 Å². The Balaban J connectivity index is 2.00. The lowest BCUT2D eigenvalue weighted by atomic mass is 10.1. The largest absolute Gasteiger partial charge is 0.493 e. The molecule has 2 aromatic carbocycles. The number of rotatable bonds is 10. The van der Waals surface area contributed by atoms with Gasteiger partial charge < -0.3 is 24.3 Å². The molecule has 9 heteroatoms. The van der Waals surface area contributed by atoms with Gasteiger partial charge in [0, 0.05) is 23.0 Å². The number of nitrogens with one attached hydrogen (secondary N) is 1. The van der Waals surface area contributed by atoms with E-state index in [2.05, 4.69) is 26.0 Å². The van der Waals surface area contributed by atoms with Crippen LogP contribution in [0, 0.1) is 0 Å². The lowest BCUT2D eigenvalue weighted by Crippen LogP contribution is -2.23. The molecule has 0 saturated heterocycles. The number of aryl methyl sites for hydroxylation is 1. The summed E-state index contributed by atoms with van der Waals surface area (Å²) in [7, 11) is 4.55. The highest BCUT2D eigenvalue weighted by Gasteiger charge is 2.15. The monoisotopic (exact) mass is 473 g/mol. The standard InChI is InChI=1S/C20H22BrF2NO5/c1-26-16-8-12(9-17(27-2)19(16)28-3)4-7-18(25)24-11-13-10-14(21)5-6-15(13)29-20(22)23/h5-6,8-10,20H,4,7,11H2,1-3H3,(H,24,25). The molecule has 0 unspecified atom stereocenters. The van der Waals surface area contributed by atoms with Crippen molar-refractivity contribution in [1.29, 1.82) is 0 Å². The molecule has 0 radical (unpaired) electrons. The van der Waals surface area contributed by atoms with E-state index in [-0.39, 0.29) is 24.6 Å². The summed E-state index contributed by atoms with van der Waals surface area (Å²) in [6.07, 6.45) is 0.624. The number of methoxy groups -OCH3 is 3. The number of ether oxygens (including phenoxy) is 4. The second kappa shape index (κ2) is 10.8. The van der Waals surface area contributed by atoms with Gasteiger partial charge in [-0.05, 0) is 42.3 Å². The van der Waals surface area contributed by atoms with E-state index in [0.717, 1.165) is 5.56 Å². The van der Waals surface area contributed by atoms with Gasteiger partial charge in [0.1, 0.15) is 5.75 Å². The quantitative estimate of drug-likeness (QED) is 0.556. The van der Waals surface area contributed by atoms with Gasteiger partial charge in [-0.15, -0.1) is 0 Å². The summed E-state index contributed by atoms with van der Waals surface area (Å²) < 4.78 is 46.1. The van der Waals surface area contributed by atoms with Gasteiger partial charge in [-0.2, -0.15) is 8.78 Å². The Hall–Kier alpha value is -2.55. The summed E-state index contributed by atoms with van der Waals surface area (Å²) in [5.41, 5.74) is 1.28. The molecule has 0 heterocycles. The molecular weight excluding hydrogens is 452 g/mol. The SMILES string of the molecule is COc1cc(CCC(=O)NCc2cc(Br)ccc2OC(F)F)cc(OC)c1OC. The van der Waals surface area contributed by atoms with Gasteiger partial charge >= 0.3 is 6.61 Å². The van der Waals surface area contributed by atoms with Crippen molar-refractivity contribution in [2.24, 2.45) is 0 Å². The van der Waals surface area contributed by atoms with Gasteiger partial charge in [0.2, 0.25) is 11.7 Å². The lowest BCUT2D eigenvalue weighted by molar-refractivity contribution is -0.121. The van der Waals surface area contributed by atoms with E-state index in [9.17, 15) is 13.6 Å². The van der Waals surface area contributed by atoms with Crippen LogP contribution in [0.3, 0.4) is 0 Å². The summed E-state index contributed by atoms with van der Waals surface area (Å²) in [5, 5.41) is 2.72. The first-order chi connectivity index (χ1) is 13.9. The Morgan fingerprint density at radius 1 is 1.03 bits per heavy atom. The van der Waals surface area contributed by atoms with Crippen molar-refractivity contribution < 1.29 is 32.5 Å². The first-order valence-electron chi connectivity index (χ1n) is 8.66. The molecule has 0 aliphatic heterocycles. The van der Waals surface area contributed by atoms with Crippen LogP contribution in [-0.2, 0) is 17.8 Å². The molecule has 0 spiro atoms. The van der Waals surface area contributed by atoms with Crippen LogP contribution in [0.25, 0.3) is 0 Å². The maximum absolute atomic E-state index is 12.5. The third-order valence-electron chi connectivity index (χ3n) is 4.08. The zero-order chi connectivity index (χ0) is 21.4. The summed E-state index contributed by atoms with van der Waals surface area (Å²) in [4.78, 5) is 12.2. The molecule has 158 valence electrons. The van der Waals surface area contributed by atoms with E-state index in [1.807, 2.05) is 0 Å². The number of benzene rings is 2.